The van der Waals surface area contributed by atoms with Crippen LogP contribution in [0.3, 0.4) is 0 Å². The lowest BCUT2D eigenvalue weighted by atomic mass is 10.1. The average Bonchev–Trinajstić information content (AvgIpc) is 3.28. The van der Waals surface area contributed by atoms with Crippen LogP contribution < -0.4 is 4.90 Å². The maximum Gasteiger partial charge on any atom is 0.355 e. The Kier molecular flexibility index (Phi) is 4.74. The molecule has 4 rings (SSSR count). The van der Waals surface area contributed by atoms with E-state index >= 15 is 0 Å². The van der Waals surface area contributed by atoms with Gasteiger partial charge in [0, 0.05) is 10.6 Å². The number of nitrogens with zero attached hydrogens (tertiary/aromatic N) is 2. The summed E-state index contributed by atoms with van der Waals surface area (Å²) in [5.74, 6) is -0.547. The van der Waals surface area contributed by atoms with Crippen LogP contribution in [-0.2, 0) is 11.2 Å². The van der Waals surface area contributed by atoms with Crippen molar-refractivity contribution in [3.63, 3.8) is 0 Å². The molecule has 1 aromatic heterocycles. The first-order valence-corrected chi connectivity index (χ1v) is 8.94. The molecule has 3 aromatic rings. The number of halogens is 1. The molecule has 0 atom stereocenters. The third kappa shape index (κ3) is 3.68. The third-order valence-electron chi connectivity index (χ3n) is 4.38. The molecule has 0 fully saturated rings. The minimum atomic E-state index is -1.01. The van der Waals surface area contributed by atoms with Crippen LogP contribution in [0.25, 0.3) is 11.3 Å². The number of carboxylic acid groups (broad SMARTS) is 1. The molecule has 0 aliphatic carbocycles. The minimum absolute atomic E-state index is 0.0574. The number of hydrogen-bond donors (Lipinski definition) is 1. The number of hydrogen-bond acceptors (Lipinski definition) is 4. The van der Waals surface area contributed by atoms with Gasteiger partial charge < -0.3 is 9.52 Å². The van der Waals surface area contributed by atoms with Crippen LogP contribution in [-0.4, -0.2) is 28.7 Å². The molecule has 1 N–H and O–H groups in total. The van der Waals surface area contributed by atoms with Gasteiger partial charge in [0.2, 0.25) is 0 Å². The molecule has 0 spiro atoms. The fourth-order valence-electron chi connectivity index (χ4n) is 2.93. The summed E-state index contributed by atoms with van der Waals surface area (Å²) >= 11 is 5.85. The lowest BCUT2D eigenvalue weighted by Crippen LogP contribution is -2.33. The summed E-state index contributed by atoms with van der Waals surface area (Å²) in [6.45, 7) is 0. The van der Waals surface area contributed by atoms with Gasteiger partial charge in [-0.05, 0) is 48.5 Å². The van der Waals surface area contributed by atoms with Crippen LogP contribution in [0, 0.1) is 0 Å². The van der Waals surface area contributed by atoms with E-state index in [1.165, 1.54) is 12.1 Å². The number of imide groups is 1. The van der Waals surface area contributed by atoms with Crippen molar-refractivity contribution in [2.24, 2.45) is 4.99 Å². The van der Waals surface area contributed by atoms with E-state index in [0.29, 0.717) is 27.8 Å². The maximum absolute atomic E-state index is 12.6. The molecule has 2 heterocycles. The highest BCUT2D eigenvalue weighted by Crippen LogP contribution is 2.26. The predicted molar refractivity (Wildman–Crippen MR) is 107 cm³/mol. The van der Waals surface area contributed by atoms with Gasteiger partial charge in [-0.2, -0.15) is 4.99 Å². The highest BCUT2D eigenvalue weighted by Gasteiger charge is 2.34. The fourth-order valence-corrected chi connectivity index (χ4v) is 3.06. The van der Waals surface area contributed by atoms with Crippen molar-refractivity contribution in [3.8, 4) is 11.3 Å². The largest absolute Gasteiger partial charge is 0.478 e. The molecule has 3 amide bonds. The highest BCUT2D eigenvalue weighted by molar-refractivity contribution is 6.53. The number of furan rings is 1. The first kappa shape index (κ1) is 18.6. The highest BCUT2D eigenvalue weighted by atomic mass is 35.5. The molecule has 0 saturated carbocycles. The van der Waals surface area contributed by atoms with Crippen molar-refractivity contribution >= 4 is 40.9 Å². The number of urea groups is 1. The van der Waals surface area contributed by atoms with Gasteiger partial charge in [0.25, 0.3) is 5.91 Å². The van der Waals surface area contributed by atoms with E-state index in [9.17, 15) is 14.4 Å². The summed E-state index contributed by atoms with van der Waals surface area (Å²) < 4.78 is 5.74. The van der Waals surface area contributed by atoms with Gasteiger partial charge in [0.1, 0.15) is 17.2 Å². The Morgan fingerprint density at radius 2 is 1.69 bits per heavy atom. The number of aliphatic imine (C=N–C) groups is 1. The predicted octanol–water partition coefficient (Wildman–Crippen LogP) is 4.45. The number of rotatable bonds is 5. The molecule has 1 aliphatic heterocycles. The van der Waals surface area contributed by atoms with Crippen molar-refractivity contribution in [2.45, 2.75) is 6.42 Å². The molecule has 144 valence electrons. The van der Waals surface area contributed by atoms with Crippen LogP contribution in [0.2, 0.25) is 5.02 Å². The Balaban J connectivity index is 1.51. The molecule has 29 heavy (non-hydrogen) atoms. The van der Waals surface area contributed by atoms with E-state index in [0.717, 1.165) is 4.90 Å². The van der Waals surface area contributed by atoms with E-state index in [2.05, 4.69) is 4.99 Å². The molecule has 0 unspecified atom stereocenters. The van der Waals surface area contributed by atoms with Crippen LogP contribution in [0.1, 0.15) is 16.1 Å². The first-order valence-electron chi connectivity index (χ1n) is 8.56. The van der Waals surface area contributed by atoms with E-state index in [4.69, 9.17) is 21.1 Å². The molecule has 0 bridgehead atoms. The lowest BCUT2D eigenvalue weighted by Gasteiger charge is -2.12. The number of aromatic carboxylic acids is 1. The normalized spacial score (nSPS) is 13.7. The number of carbonyl (C=O) groups excluding carboxylic acids is 2. The van der Waals surface area contributed by atoms with Crippen molar-refractivity contribution in [3.05, 3.63) is 77.0 Å². The van der Waals surface area contributed by atoms with Gasteiger partial charge in [0.15, 0.2) is 0 Å². The lowest BCUT2D eigenvalue weighted by molar-refractivity contribution is -0.111. The van der Waals surface area contributed by atoms with Gasteiger partial charge in [-0.1, -0.05) is 23.7 Å². The first-order chi connectivity index (χ1) is 13.9. The van der Waals surface area contributed by atoms with E-state index < -0.39 is 17.9 Å². The summed E-state index contributed by atoms with van der Waals surface area (Å²) in [5, 5.41) is 9.46. The van der Waals surface area contributed by atoms with Crippen LogP contribution in [0.5, 0.6) is 0 Å². The Bertz CT molecular complexity index is 1150. The number of carboxylic acids is 1. The Hall–Kier alpha value is -3.71. The smallest absolute Gasteiger partial charge is 0.355 e. The molecule has 1 aliphatic rings. The summed E-state index contributed by atoms with van der Waals surface area (Å²) in [4.78, 5) is 40.6. The minimum Gasteiger partial charge on any atom is -0.478 e. The van der Waals surface area contributed by atoms with Crippen LogP contribution in [0.4, 0.5) is 10.5 Å². The van der Waals surface area contributed by atoms with Crippen molar-refractivity contribution < 1.29 is 23.9 Å². The molecule has 0 radical (unpaired) electrons. The summed E-state index contributed by atoms with van der Waals surface area (Å²) in [5.41, 5.74) is 1.33. The van der Waals surface area contributed by atoms with Gasteiger partial charge in [0.05, 0.1) is 17.7 Å². The molecule has 2 aromatic carbocycles. The second-order valence-corrected chi connectivity index (χ2v) is 6.72. The van der Waals surface area contributed by atoms with Gasteiger partial charge in [-0.25, -0.2) is 14.5 Å². The number of amides is 3. The summed E-state index contributed by atoms with van der Waals surface area (Å²) in [6.07, 6.45) is 0.0574. The topological polar surface area (TPSA) is 100 Å². The standard InChI is InChI=1S/C21H13ClN2O5/c22-14-5-7-15(8-6-14)24-19(25)17(23-21(24)28)11-16-9-10-18(29-16)12-1-3-13(4-2-12)20(26)27/h1-10H,11H2,(H,26,27). The van der Waals surface area contributed by atoms with E-state index in [-0.39, 0.29) is 17.7 Å². The van der Waals surface area contributed by atoms with Crippen molar-refractivity contribution in [1.82, 2.24) is 0 Å². The SMILES string of the molecule is O=C(O)c1ccc(-c2ccc(CC3=NC(=O)N(c4ccc(Cl)cc4)C3=O)o2)cc1. The molecular weight excluding hydrogens is 396 g/mol. The third-order valence-corrected chi connectivity index (χ3v) is 4.63. The summed E-state index contributed by atoms with van der Waals surface area (Å²) in [7, 11) is 0. The molecule has 0 saturated heterocycles. The Morgan fingerprint density at radius 1 is 1.00 bits per heavy atom. The quantitative estimate of drug-likeness (QED) is 0.672. The van der Waals surface area contributed by atoms with Crippen LogP contribution >= 0.6 is 11.6 Å². The number of anilines is 1. The van der Waals surface area contributed by atoms with Gasteiger partial charge in [-0.3, -0.25) is 4.79 Å². The molecule has 7 nitrogen and oxygen atoms in total. The molecular formula is C21H13ClN2O5. The fraction of sp³-hybridized carbons (Fsp3) is 0.0476. The zero-order chi connectivity index (χ0) is 20.5. The maximum atomic E-state index is 12.6. The summed E-state index contributed by atoms with van der Waals surface area (Å²) in [6, 6.07) is 15.3. The Labute approximate surface area is 169 Å². The van der Waals surface area contributed by atoms with Gasteiger partial charge >= 0.3 is 12.0 Å². The van der Waals surface area contributed by atoms with Gasteiger partial charge in [-0.15, -0.1) is 0 Å². The van der Waals surface area contributed by atoms with Crippen molar-refractivity contribution in [2.75, 3.05) is 4.90 Å². The zero-order valence-electron chi connectivity index (χ0n) is 14.8. The van der Waals surface area contributed by atoms with Crippen LogP contribution in [0.15, 0.2) is 70.1 Å². The monoisotopic (exact) mass is 408 g/mol. The van der Waals surface area contributed by atoms with E-state index in [1.54, 1.807) is 48.5 Å². The van der Waals surface area contributed by atoms with Crippen molar-refractivity contribution in [1.29, 1.82) is 0 Å². The zero-order valence-corrected chi connectivity index (χ0v) is 15.6. The van der Waals surface area contributed by atoms with E-state index in [1.807, 2.05) is 0 Å². The number of carbonyl (C=O) groups is 3. The average molecular weight is 409 g/mol. The second kappa shape index (κ2) is 7.37. The Morgan fingerprint density at radius 3 is 2.34 bits per heavy atom. The number of benzene rings is 2. The molecule has 8 heteroatoms. The second-order valence-electron chi connectivity index (χ2n) is 6.28.